The molecule has 0 aromatic heterocycles. The number of carbonyl (C=O) groups excluding carboxylic acids is 1. The van der Waals surface area contributed by atoms with E-state index in [0.29, 0.717) is 23.9 Å². The van der Waals surface area contributed by atoms with Crippen LogP contribution >= 0.6 is 11.6 Å². The zero-order chi connectivity index (χ0) is 13.4. The molecule has 2 amide bonds. The number of benzene rings is 1. The molecule has 100 valence electrons. The van der Waals surface area contributed by atoms with Gasteiger partial charge in [0.05, 0.1) is 13.2 Å². The van der Waals surface area contributed by atoms with Gasteiger partial charge in [-0.1, -0.05) is 17.7 Å². The molecule has 0 aliphatic carbocycles. The topological polar surface area (TPSA) is 59.6 Å². The van der Waals surface area contributed by atoms with Gasteiger partial charge < -0.3 is 20.1 Å². The summed E-state index contributed by atoms with van der Waals surface area (Å²) in [5.74, 6) is 0. The molecular formula is C12H17ClN2O3. The number of anilines is 1. The van der Waals surface area contributed by atoms with Gasteiger partial charge in [0, 0.05) is 17.8 Å². The van der Waals surface area contributed by atoms with Gasteiger partial charge in [-0.2, -0.15) is 0 Å². The summed E-state index contributed by atoms with van der Waals surface area (Å²) in [6.45, 7) is 2.97. The van der Waals surface area contributed by atoms with Crippen molar-refractivity contribution in [1.29, 1.82) is 0 Å². The van der Waals surface area contributed by atoms with Crippen molar-refractivity contribution in [2.45, 2.75) is 6.92 Å². The number of urea groups is 1. The van der Waals surface area contributed by atoms with Gasteiger partial charge >= 0.3 is 6.03 Å². The molecule has 0 bridgehead atoms. The Balaban J connectivity index is 2.29. The van der Waals surface area contributed by atoms with Crippen LogP contribution in [0.1, 0.15) is 5.56 Å². The number of carbonyl (C=O) groups is 1. The number of methoxy groups -OCH3 is 1. The van der Waals surface area contributed by atoms with Gasteiger partial charge in [0.1, 0.15) is 6.73 Å². The summed E-state index contributed by atoms with van der Waals surface area (Å²) in [4.78, 5) is 11.5. The first-order valence-corrected chi connectivity index (χ1v) is 5.89. The molecule has 0 unspecified atom stereocenters. The molecule has 1 aromatic carbocycles. The number of amides is 2. The lowest BCUT2D eigenvalue weighted by molar-refractivity contribution is 0.0650. The predicted octanol–water partition coefficient (Wildman–Crippen LogP) is 2.39. The lowest BCUT2D eigenvalue weighted by Crippen LogP contribution is -2.31. The molecule has 0 radical (unpaired) electrons. The minimum Gasteiger partial charge on any atom is -0.382 e. The summed E-state index contributed by atoms with van der Waals surface area (Å²) in [6.07, 6.45) is 0. The summed E-state index contributed by atoms with van der Waals surface area (Å²) >= 11 is 5.95. The summed E-state index contributed by atoms with van der Waals surface area (Å²) in [5, 5.41) is 5.82. The Hall–Kier alpha value is -1.30. The molecule has 0 saturated heterocycles. The molecule has 0 atom stereocenters. The highest BCUT2D eigenvalue weighted by molar-refractivity contribution is 6.31. The quantitative estimate of drug-likeness (QED) is 0.617. The molecule has 2 N–H and O–H groups in total. The second-order valence-electron chi connectivity index (χ2n) is 3.64. The van der Waals surface area contributed by atoms with Crippen molar-refractivity contribution in [2.24, 2.45) is 0 Å². The normalized spacial score (nSPS) is 10.2. The van der Waals surface area contributed by atoms with Crippen LogP contribution in [-0.2, 0) is 9.47 Å². The maximum atomic E-state index is 11.5. The number of hydrogen-bond donors (Lipinski definition) is 2. The Labute approximate surface area is 111 Å². The van der Waals surface area contributed by atoms with Crippen molar-refractivity contribution in [2.75, 3.05) is 32.4 Å². The number of aryl methyl sites for hydroxylation is 1. The lowest BCUT2D eigenvalue weighted by atomic mass is 10.2. The minimum atomic E-state index is -0.340. The van der Waals surface area contributed by atoms with E-state index in [4.69, 9.17) is 21.1 Å². The molecule has 18 heavy (non-hydrogen) atoms. The van der Waals surface area contributed by atoms with Crippen LogP contribution in [0.5, 0.6) is 0 Å². The van der Waals surface area contributed by atoms with Crippen LogP contribution in [0.4, 0.5) is 10.5 Å². The van der Waals surface area contributed by atoms with Gasteiger partial charge in [0.15, 0.2) is 0 Å². The average molecular weight is 273 g/mol. The first kappa shape index (κ1) is 14.8. The van der Waals surface area contributed by atoms with Crippen LogP contribution in [0.15, 0.2) is 18.2 Å². The zero-order valence-electron chi connectivity index (χ0n) is 10.5. The fourth-order valence-corrected chi connectivity index (χ4v) is 1.36. The third kappa shape index (κ3) is 5.35. The fourth-order valence-electron chi connectivity index (χ4n) is 1.18. The van der Waals surface area contributed by atoms with E-state index in [1.165, 1.54) is 0 Å². The Kier molecular flexibility index (Phi) is 6.49. The molecule has 0 heterocycles. The number of halogens is 1. The average Bonchev–Trinajstić information content (AvgIpc) is 2.34. The van der Waals surface area contributed by atoms with Gasteiger partial charge in [-0.15, -0.1) is 0 Å². The van der Waals surface area contributed by atoms with Gasteiger partial charge in [-0.25, -0.2) is 4.79 Å². The van der Waals surface area contributed by atoms with Crippen molar-refractivity contribution < 1.29 is 14.3 Å². The predicted molar refractivity (Wildman–Crippen MR) is 71.0 cm³/mol. The van der Waals surface area contributed by atoms with Crippen LogP contribution in [0.2, 0.25) is 5.02 Å². The lowest BCUT2D eigenvalue weighted by Gasteiger charge is -2.09. The van der Waals surface area contributed by atoms with E-state index in [9.17, 15) is 4.79 Å². The molecule has 5 nitrogen and oxygen atoms in total. The van der Waals surface area contributed by atoms with Crippen LogP contribution in [0.25, 0.3) is 0 Å². The van der Waals surface area contributed by atoms with Gasteiger partial charge in [-0.05, 0) is 24.6 Å². The van der Waals surface area contributed by atoms with Gasteiger partial charge in [0.25, 0.3) is 0 Å². The van der Waals surface area contributed by atoms with Crippen molar-refractivity contribution in [3.63, 3.8) is 0 Å². The van der Waals surface area contributed by atoms with E-state index in [1.807, 2.05) is 13.0 Å². The monoisotopic (exact) mass is 272 g/mol. The summed E-state index contributed by atoms with van der Waals surface area (Å²) in [5.41, 5.74) is 1.60. The van der Waals surface area contributed by atoms with Crippen LogP contribution < -0.4 is 10.6 Å². The molecule has 1 aromatic rings. The molecule has 0 aliphatic rings. The highest BCUT2D eigenvalue weighted by atomic mass is 35.5. The van der Waals surface area contributed by atoms with Crippen molar-refractivity contribution >= 4 is 23.3 Å². The summed E-state index contributed by atoms with van der Waals surface area (Å²) in [7, 11) is 1.59. The molecule has 6 heteroatoms. The van der Waals surface area contributed by atoms with E-state index in [0.717, 1.165) is 5.56 Å². The fraction of sp³-hybridized carbons (Fsp3) is 0.417. The van der Waals surface area contributed by atoms with Crippen molar-refractivity contribution in [3.05, 3.63) is 28.8 Å². The first-order valence-electron chi connectivity index (χ1n) is 5.51. The Morgan fingerprint density at radius 2 is 2.17 bits per heavy atom. The van der Waals surface area contributed by atoms with Crippen molar-refractivity contribution in [1.82, 2.24) is 5.32 Å². The highest BCUT2D eigenvalue weighted by Gasteiger charge is 2.02. The van der Waals surface area contributed by atoms with Crippen LogP contribution in [-0.4, -0.2) is 33.1 Å². The summed E-state index contributed by atoms with van der Waals surface area (Å²) in [6, 6.07) is 4.98. The Morgan fingerprint density at radius 1 is 1.39 bits per heavy atom. The van der Waals surface area contributed by atoms with Gasteiger partial charge in [-0.3, -0.25) is 0 Å². The highest BCUT2D eigenvalue weighted by Crippen LogP contribution is 2.19. The van der Waals surface area contributed by atoms with Crippen molar-refractivity contribution in [3.8, 4) is 0 Å². The Bertz CT molecular complexity index is 399. The second kappa shape index (κ2) is 7.92. The first-order chi connectivity index (χ1) is 8.63. The SMILES string of the molecule is COCCOCNC(=O)Nc1ccc(C)c(Cl)c1. The maximum absolute atomic E-state index is 11.5. The van der Waals surface area contributed by atoms with E-state index in [2.05, 4.69) is 10.6 Å². The molecule has 1 rings (SSSR count). The number of rotatable bonds is 6. The minimum absolute atomic E-state index is 0.134. The van der Waals surface area contributed by atoms with Crippen LogP contribution in [0, 0.1) is 6.92 Å². The Morgan fingerprint density at radius 3 is 2.83 bits per heavy atom. The number of ether oxygens (including phenoxy) is 2. The van der Waals surface area contributed by atoms with E-state index >= 15 is 0 Å². The molecular weight excluding hydrogens is 256 g/mol. The molecule has 0 aliphatic heterocycles. The third-order valence-electron chi connectivity index (χ3n) is 2.20. The molecule has 0 saturated carbocycles. The van der Waals surface area contributed by atoms with E-state index < -0.39 is 0 Å². The zero-order valence-corrected chi connectivity index (χ0v) is 11.2. The third-order valence-corrected chi connectivity index (χ3v) is 2.60. The smallest absolute Gasteiger partial charge is 0.321 e. The van der Waals surface area contributed by atoms with Gasteiger partial charge in [0.2, 0.25) is 0 Å². The standard InChI is InChI=1S/C12H17ClN2O3/c1-9-3-4-10(7-11(9)13)15-12(16)14-8-18-6-5-17-2/h3-4,7H,5-6,8H2,1-2H3,(H2,14,15,16). The summed E-state index contributed by atoms with van der Waals surface area (Å²) < 4.78 is 9.90. The molecule has 0 fully saturated rings. The number of hydrogen-bond acceptors (Lipinski definition) is 3. The van der Waals surface area contributed by atoms with E-state index in [1.54, 1.807) is 19.2 Å². The van der Waals surface area contributed by atoms with Crippen LogP contribution in [0.3, 0.4) is 0 Å². The number of nitrogens with one attached hydrogen (secondary N) is 2. The van der Waals surface area contributed by atoms with E-state index in [-0.39, 0.29) is 12.8 Å². The molecule has 0 spiro atoms. The second-order valence-corrected chi connectivity index (χ2v) is 4.05. The maximum Gasteiger partial charge on any atom is 0.321 e. The largest absolute Gasteiger partial charge is 0.382 e.